The largest absolute Gasteiger partial charge is 0.480 e. The van der Waals surface area contributed by atoms with Gasteiger partial charge in [0.25, 0.3) is 0 Å². The number of hydrogen-bond donors (Lipinski definition) is 2. The molecule has 1 aliphatic heterocycles. The number of amides is 2. The Kier molecular flexibility index (Phi) is 6.28. The minimum Gasteiger partial charge on any atom is -0.480 e. The number of aliphatic carboxylic acids is 1. The average Bonchev–Trinajstić information content (AvgIpc) is 2.36. The van der Waals surface area contributed by atoms with Crippen molar-refractivity contribution in [1.29, 1.82) is 0 Å². The number of carboxylic acid groups (broad SMARTS) is 1. The van der Waals surface area contributed by atoms with Crippen LogP contribution in [0.3, 0.4) is 0 Å². The number of carbonyl (C=O) groups is 2. The smallest absolute Gasteiger partial charge is 0.328 e. The third-order valence-electron chi connectivity index (χ3n) is 2.73. The van der Waals surface area contributed by atoms with Crippen LogP contribution in [0, 0.1) is 5.92 Å². The van der Waals surface area contributed by atoms with Gasteiger partial charge in [-0.15, -0.1) is 0 Å². The van der Waals surface area contributed by atoms with Crippen molar-refractivity contribution in [2.45, 2.75) is 13.0 Å². The van der Waals surface area contributed by atoms with E-state index in [0.29, 0.717) is 25.6 Å². The van der Waals surface area contributed by atoms with Crippen LogP contribution < -0.4 is 5.32 Å². The Morgan fingerprint density at radius 1 is 1.61 bits per heavy atom. The molecule has 1 heterocycles. The summed E-state index contributed by atoms with van der Waals surface area (Å²) in [4.78, 5) is 24.2. The first-order valence-corrected chi connectivity index (χ1v) is 7.29. The number of carbonyl (C=O) groups excluding carboxylic acids is 1. The first-order chi connectivity index (χ1) is 8.56. The molecule has 0 spiro atoms. The van der Waals surface area contributed by atoms with E-state index in [4.69, 9.17) is 9.84 Å². The molecule has 0 aromatic heterocycles. The molecule has 7 heteroatoms. The summed E-state index contributed by atoms with van der Waals surface area (Å²) in [5.41, 5.74) is 0. The van der Waals surface area contributed by atoms with Crippen molar-refractivity contribution >= 4 is 23.8 Å². The second kappa shape index (κ2) is 7.48. The van der Waals surface area contributed by atoms with E-state index >= 15 is 0 Å². The molecule has 2 unspecified atom stereocenters. The van der Waals surface area contributed by atoms with Gasteiger partial charge >= 0.3 is 12.0 Å². The molecule has 0 aliphatic carbocycles. The van der Waals surface area contributed by atoms with Crippen LogP contribution in [-0.2, 0) is 9.53 Å². The lowest BCUT2D eigenvalue weighted by atomic mass is 10.2. The van der Waals surface area contributed by atoms with E-state index in [9.17, 15) is 9.59 Å². The van der Waals surface area contributed by atoms with Crippen LogP contribution in [0.1, 0.15) is 6.92 Å². The molecule has 2 N–H and O–H groups in total. The highest BCUT2D eigenvalue weighted by Crippen LogP contribution is 2.08. The van der Waals surface area contributed by atoms with E-state index in [1.54, 1.807) is 11.8 Å². The fourth-order valence-corrected chi connectivity index (χ4v) is 2.44. The van der Waals surface area contributed by atoms with Gasteiger partial charge in [-0.3, -0.25) is 0 Å². The molecule has 1 aliphatic rings. The Morgan fingerprint density at radius 3 is 2.94 bits per heavy atom. The third kappa shape index (κ3) is 4.38. The van der Waals surface area contributed by atoms with Gasteiger partial charge in [-0.2, -0.15) is 11.8 Å². The van der Waals surface area contributed by atoms with Crippen LogP contribution in [-0.4, -0.2) is 66.4 Å². The lowest BCUT2D eigenvalue weighted by Gasteiger charge is -2.33. The Labute approximate surface area is 111 Å². The standard InChI is InChI=1S/C11H20N2O4S/c1-8(7-18-2)5-12-11(16)13-3-4-17-6-9(13)10(14)15/h8-9H,3-7H2,1-2H3,(H,12,16)(H,14,15). The lowest BCUT2D eigenvalue weighted by molar-refractivity contribution is -0.147. The van der Waals surface area contributed by atoms with Gasteiger partial charge in [0, 0.05) is 13.1 Å². The van der Waals surface area contributed by atoms with E-state index < -0.39 is 12.0 Å². The van der Waals surface area contributed by atoms with Crippen LogP contribution in [0.5, 0.6) is 0 Å². The van der Waals surface area contributed by atoms with Crippen molar-refractivity contribution in [3.8, 4) is 0 Å². The van der Waals surface area contributed by atoms with Gasteiger partial charge in [-0.25, -0.2) is 9.59 Å². The number of nitrogens with zero attached hydrogens (tertiary/aromatic N) is 1. The Morgan fingerprint density at radius 2 is 2.33 bits per heavy atom. The Balaban J connectivity index is 2.45. The summed E-state index contributed by atoms with van der Waals surface area (Å²) in [6.07, 6.45) is 2.01. The van der Waals surface area contributed by atoms with Gasteiger partial charge in [0.05, 0.1) is 13.2 Å². The number of morpholine rings is 1. The molecular formula is C11H20N2O4S. The van der Waals surface area contributed by atoms with Gasteiger partial charge in [-0.1, -0.05) is 6.92 Å². The highest BCUT2D eigenvalue weighted by molar-refractivity contribution is 7.98. The molecular weight excluding hydrogens is 256 g/mol. The zero-order chi connectivity index (χ0) is 13.5. The van der Waals surface area contributed by atoms with Crippen molar-refractivity contribution in [3.63, 3.8) is 0 Å². The Bertz CT molecular complexity index is 301. The fourth-order valence-electron chi connectivity index (χ4n) is 1.76. The summed E-state index contributed by atoms with van der Waals surface area (Å²) >= 11 is 1.72. The second-order valence-electron chi connectivity index (χ2n) is 4.37. The molecule has 2 atom stereocenters. The van der Waals surface area contributed by atoms with Gasteiger partial charge in [0.1, 0.15) is 0 Å². The second-order valence-corrected chi connectivity index (χ2v) is 5.28. The van der Waals surface area contributed by atoms with Crippen LogP contribution in [0.4, 0.5) is 4.79 Å². The van der Waals surface area contributed by atoms with Crippen molar-refractivity contribution in [2.75, 3.05) is 38.3 Å². The molecule has 0 aromatic carbocycles. The number of carboxylic acids is 1. The summed E-state index contributed by atoms with van der Waals surface area (Å²) in [5.74, 6) is 0.307. The van der Waals surface area contributed by atoms with Crippen molar-refractivity contribution in [1.82, 2.24) is 10.2 Å². The predicted molar refractivity (Wildman–Crippen MR) is 69.9 cm³/mol. The molecule has 1 rings (SSSR count). The molecule has 18 heavy (non-hydrogen) atoms. The number of urea groups is 1. The SMILES string of the molecule is CSCC(C)CNC(=O)N1CCOCC1C(=O)O. The topological polar surface area (TPSA) is 78.9 Å². The number of nitrogens with one attached hydrogen (secondary N) is 1. The van der Waals surface area contributed by atoms with Crippen LogP contribution in [0.15, 0.2) is 0 Å². The Hall–Kier alpha value is -0.950. The predicted octanol–water partition coefficient (Wildman–Crippen LogP) is 0.480. The van der Waals surface area contributed by atoms with Gasteiger partial charge in [0.15, 0.2) is 6.04 Å². The quantitative estimate of drug-likeness (QED) is 0.763. The first kappa shape index (κ1) is 15.1. The maximum absolute atomic E-state index is 11.9. The summed E-state index contributed by atoms with van der Waals surface area (Å²) < 4.78 is 5.08. The van der Waals surface area contributed by atoms with E-state index in [1.807, 2.05) is 13.2 Å². The molecule has 0 radical (unpaired) electrons. The van der Waals surface area contributed by atoms with E-state index in [-0.39, 0.29) is 12.6 Å². The van der Waals surface area contributed by atoms with Crippen molar-refractivity contribution in [2.24, 2.45) is 5.92 Å². The first-order valence-electron chi connectivity index (χ1n) is 5.90. The van der Waals surface area contributed by atoms with Gasteiger partial charge < -0.3 is 20.1 Å². The summed E-state index contributed by atoms with van der Waals surface area (Å²) in [6, 6.07) is -1.20. The maximum atomic E-state index is 11.9. The zero-order valence-electron chi connectivity index (χ0n) is 10.7. The summed E-state index contributed by atoms with van der Waals surface area (Å²) in [7, 11) is 0. The summed E-state index contributed by atoms with van der Waals surface area (Å²) in [5, 5.41) is 11.8. The summed E-state index contributed by atoms with van der Waals surface area (Å²) in [6.45, 7) is 3.37. The number of hydrogen-bond acceptors (Lipinski definition) is 4. The average molecular weight is 276 g/mol. The normalized spacial score (nSPS) is 21.4. The van der Waals surface area contributed by atoms with Crippen LogP contribution in [0.25, 0.3) is 0 Å². The molecule has 0 aromatic rings. The van der Waals surface area contributed by atoms with Gasteiger partial charge in [0.2, 0.25) is 0 Å². The molecule has 0 saturated carbocycles. The van der Waals surface area contributed by atoms with E-state index in [2.05, 4.69) is 5.32 Å². The number of rotatable bonds is 5. The molecule has 104 valence electrons. The molecule has 6 nitrogen and oxygen atoms in total. The highest BCUT2D eigenvalue weighted by atomic mass is 32.2. The van der Waals surface area contributed by atoms with Crippen molar-refractivity contribution in [3.05, 3.63) is 0 Å². The monoisotopic (exact) mass is 276 g/mol. The third-order valence-corrected chi connectivity index (χ3v) is 3.63. The zero-order valence-corrected chi connectivity index (χ0v) is 11.5. The lowest BCUT2D eigenvalue weighted by Crippen LogP contribution is -2.56. The molecule has 2 amide bonds. The van der Waals surface area contributed by atoms with E-state index in [1.165, 1.54) is 4.90 Å². The highest BCUT2D eigenvalue weighted by Gasteiger charge is 2.32. The minimum atomic E-state index is -1.03. The molecule has 1 saturated heterocycles. The van der Waals surface area contributed by atoms with Crippen molar-refractivity contribution < 1.29 is 19.4 Å². The molecule has 0 bridgehead atoms. The molecule has 1 fully saturated rings. The number of ether oxygens (including phenoxy) is 1. The minimum absolute atomic E-state index is 0.0586. The van der Waals surface area contributed by atoms with Crippen LogP contribution in [0.2, 0.25) is 0 Å². The number of thioether (sulfide) groups is 1. The fraction of sp³-hybridized carbons (Fsp3) is 0.818. The van der Waals surface area contributed by atoms with Crippen LogP contribution >= 0.6 is 11.8 Å². The van der Waals surface area contributed by atoms with Gasteiger partial charge in [-0.05, 0) is 17.9 Å². The maximum Gasteiger partial charge on any atom is 0.328 e. The van der Waals surface area contributed by atoms with E-state index in [0.717, 1.165) is 5.75 Å².